The average Bonchev–Trinajstić information content (AvgIpc) is 2.36. The van der Waals surface area contributed by atoms with E-state index in [1.165, 1.54) is 7.11 Å². The number of carbonyl (C=O) groups is 2. The van der Waals surface area contributed by atoms with E-state index < -0.39 is 0 Å². The van der Waals surface area contributed by atoms with Crippen LogP contribution in [0.25, 0.3) is 0 Å². The molecular weight excluding hydrogens is 244 g/mol. The van der Waals surface area contributed by atoms with E-state index in [1.807, 2.05) is 13.8 Å². The first-order chi connectivity index (χ1) is 9.04. The first-order valence-corrected chi connectivity index (χ1v) is 6.20. The van der Waals surface area contributed by atoms with Crippen molar-refractivity contribution in [2.24, 2.45) is 5.92 Å². The van der Waals surface area contributed by atoms with E-state index in [9.17, 15) is 9.59 Å². The minimum Gasteiger partial charge on any atom is -0.375 e. The number of anilines is 1. The molecule has 0 saturated heterocycles. The van der Waals surface area contributed by atoms with Crippen molar-refractivity contribution in [3.05, 3.63) is 29.8 Å². The van der Waals surface area contributed by atoms with E-state index in [0.717, 1.165) is 0 Å². The van der Waals surface area contributed by atoms with E-state index in [-0.39, 0.29) is 18.4 Å². The van der Waals surface area contributed by atoms with Crippen molar-refractivity contribution in [2.75, 3.05) is 25.6 Å². The van der Waals surface area contributed by atoms with Gasteiger partial charge in [0.1, 0.15) is 6.61 Å². The van der Waals surface area contributed by atoms with E-state index in [1.54, 1.807) is 24.3 Å². The van der Waals surface area contributed by atoms with Crippen LogP contribution in [0.1, 0.15) is 24.2 Å². The number of nitrogens with one attached hydrogen (secondary N) is 2. The topological polar surface area (TPSA) is 67.4 Å². The molecule has 0 saturated carbocycles. The van der Waals surface area contributed by atoms with Crippen molar-refractivity contribution in [3.8, 4) is 0 Å². The number of rotatable bonds is 6. The molecule has 2 amide bonds. The van der Waals surface area contributed by atoms with Crippen LogP contribution in [0.15, 0.2) is 24.3 Å². The van der Waals surface area contributed by atoms with Gasteiger partial charge in [0.05, 0.1) is 11.3 Å². The van der Waals surface area contributed by atoms with Crippen molar-refractivity contribution in [1.29, 1.82) is 0 Å². The molecular formula is C14H20N2O3. The Bertz CT molecular complexity index is 444. The van der Waals surface area contributed by atoms with Crippen LogP contribution in [-0.4, -0.2) is 32.1 Å². The lowest BCUT2D eigenvalue weighted by Crippen LogP contribution is -2.28. The first-order valence-electron chi connectivity index (χ1n) is 6.20. The monoisotopic (exact) mass is 264 g/mol. The second kappa shape index (κ2) is 7.53. The number of methoxy groups -OCH3 is 1. The number of para-hydroxylation sites is 1. The summed E-state index contributed by atoms with van der Waals surface area (Å²) in [6, 6.07) is 6.90. The van der Waals surface area contributed by atoms with E-state index in [2.05, 4.69) is 10.6 Å². The summed E-state index contributed by atoms with van der Waals surface area (Å²) in [5.74, 6) is -0.104. The molecule has 0 spiro atoms. The molecule has 1 rings (SSSR count). The Hall–Kier alpha value is -1.88. The number of ether oxygens (including phenoxy) is 1. The van der Waals surface area contributed by atoms with Gasteiger partial charge in [0.15, 0.2) is 0 Å². The van der Waals surface area contributed by atoms with Gasteiger partial charge in [-0.1, -0.05) is 26.0 Å². The van der Waals surface area contributed by atoms with Crippen LogP contribution in [-0.2, 0) is 9.53 Å². The standard InChI is InChI=1S/C14H20N2O3/c1-10(2)8-15-14(18)11-6-4-5-7-12(11)16-13(17)9-19-3/h4-7,10H,8-9H2,1-3H3,(H,15,18)(H,16,17). The van der Waals surface area contributed by atoms with Crippen LogP contribution in [0.4, 0.5) is 5.69 Å². The third kappa shape index (κ3) is 5.09. The number of hydrogen-bond donors (Lipinski definition) is 2. The highest BCUT2D eigenvalue weighted by molar-refractivity contribution is 6.03. The molecule has 0 fully saturated rings. The van der Waals surface area contributed by atoms with Gasteiger partial charge in [0, 0.05) is 13.7 Å². The van der Waals surface area contributed by atoms with Gasteiger partial charge in [0.25, 0.3) is 5.91 Å². The van der Waals surface area contributed by atoms with Crippen molar-refractivity contribution >= 4 is 17.5 Å². The summed E-state index contributed by atoms with van der Waals surface area (Å²) in [5, 5.41) is 5.48. The summed E-state index contributed by atoms with van der Waals surface area (Å²) >= 11 is 0. The molecule has 0 radical (unpaired) electrons. The molecule has 19 heavy (non-hydrogen) atoms. The molecule has 0 aliphatic heterocycles. The molecule has 0 unspecified atom stereocenters. The SMILES string of the molecule is COCC(=O)Nc1ccccc1C(=O)NCC(C)C. The molecule has 0 aliphatic rings. The highest BCUT2D eigenvalue weighted by Crippen LogP contribution is 2.14. The number of benzene rings is 1. The zero-order chi connectivity index (χ0) is 14.3. The number of carbonyl (C=O) groups excluding carboxylic acids is 2. The van der Waals surface area contributed by atoms with Crippen molar-refractivity contribution in [3.63, 3.8) is 0 Å². The van der Waals surface area contributed by atoms with Gasteiger partial charge in [-0.3, -0.25) is 9.59 Å². The lowest BCUT2D eigenvalue weighted by Gasteiger charge is -2.12. The minimum absolute atomic E-state index is 0.0397. The fourth-order valence-electron chi connectivity index (χ4n) is 1.50. The van der Waals surface area contributed by atoms with E-state index in [0.29, 0.717) is 23.7 Å². The van der Waals surface area contributed by atoms with E-state index >= 15 is 0 Å². The Balaban J connectivity index is 2.77. The molecule has 0 atom stereocenters. The minimum atomic E-state index is -0.286. The summed E-state index contributed by atoms with van der Waals surface area (Å²) < 4.78 is 4.74. The predicted octanol–water partition coefficient (Wildman–Crippen LogP) is 1.66. The first kappa shape index (κ1) is 15.2. The smallest absolute Gasteiger partial charge is 0.253 e. The Morgan fingerprint density at radius 1 is 1.26 bits per heavy atom. The fraction of sp³-hybridized carbons (Fsp3) is 0.429. The summed E-state index contributed by atoms with van der Waals surface area (Å²) in [6.45, 7) is 4.60. The molecule has 5 nitrogen and oxygen atoms in total. The Morgan fingerprint density at radius 2 is 1.95 bits per heavy atom. The molecule has 0 bridgehead atoms. The fourth-order valence-corrected chi connectivity index (χ4v) is 1.50. The molecule has 5 heteroatoms. The van der Waals surface area contributed by atoms with Gasteiger partial charge in [-0.05, 0) is 18.1 Å². The summed E-state index contributed by atoms with van der Waals surface area (Å²) in [7, 11) is 1.45. The predicted molar refractivity (Wildman–Crippen MR) is 74.1 cm³/mol. The zero-order valence-corrected chi connectivity index (χ0v) is 11.5. The van der Waals surface area contributed by atoms with Crippen LogP contribution in [0.3, 0.4) is 0 Å². The maximum absolute atomic E-state index is 12.0. The lowest BCUT2D eigenvalue weighted by atomic mass is 10.1. The molecule has 1 aromatic carbocycles. The lowest BCUT2D eigenvalue weighted by molar-refractivity contribution is -0.119. The van der Waals surface area contributed by atoms with Crippen molar-refractivity contribution < 1.29 is 14.3 Å². The van der Waals surface area contributed by atoms with Gasteiger partial charge in [-0.25, -0.2) is 0 Å². The second-order valence-electron chi connectivity index (χ2n) is 4.63. The van der Waals surface area contributed by atoms with Crippen LogP contribution in [0.5, 0.6) is 0 Å². The largest absolute Gasteiger partial charge is 0.375 e. The molecule has 2 N–H and O–H groups in total. The van der Waals surface area contributed by atoms with Gasteiger partial charge in [-0.15, -0.1) is 0 Å². The molecule has 1 aromatic rings. The molecule has 0 aromatic heterocycles. The van der Waals surface area contributed by atoms with Gasteiger partial charge in [-0.2, -0.15) is 0 Å². The number of hydrogen-bond acceptors (Lipinski definition) is 3. The summed E-state index contributed by atoms with van der Waals surface area (Å²) in [6.07, 6.45) is 0. The second-order valence-corrected chi connectivity index (χ2v) is 4.63. The van der Waals surface area contributed by atoms with E-state index in [4.69, 9.17) is 4.74 Å². The summed E-state index contributed by atoms with van der Waals surface area (Å²) in [5.41, 5.74) is 0.943. The third-order valence-electron chi connectivity index (χ3n) is 2.39. The quantitative estimate of drug-likeness (QED) is 0.821. The van der Waals surface area contributed by atoms with Crippen LogP contribution >= 0.6 is 0 Å². The third-order valence-corrected chi connectivity index (χ3v) is 2.39. The van der Waals surface area contributed by atoms with Gasteiger partial charge in [0.2, 0.25) is 5.91 Å². The van der Waals surface area contributed by atoms with Crippen molar-refractivity contribution in [2.45, 2.75) is 13.8 Å². The molecule has 104 valence electrons. The Labute approximate surface area is 113 Å². The van der Waals surface area contributed by atoms with Gasteiger partial charge < -0.3 is 15.4 Å². The maximum Gasteiger partial charge on any atom is 0.253 e. The highest BCUT2D eigenvalue weighted by Gasteiger charge is 2.12. The zero-order valence-electron chi connectivity index (χ0n) is 11.5. The summed E-state index contributed by atoms with van der Waals surface area (Å²) in [4.78, 5) is 23.5. The Kier molecular flexibility index (Phi) is 6.02. The normalized spacial score (nSPS) is 10.3. The average molecular weight is 264 g/mol. The van der Waals surface area contributed by atoms with Crippen molar-refractivity contribution in [1.82, 2.24) is 5.32 Å². The van der Waals surface area contributed by atoms with Crippen LogP contribution < -0.4 is 10.6 Å². The van der Waals surface area contributed by atoms with Gasteiger partial charge >= 0.3 is 0 Å². The molecule has 0 heterocycles. The highest BCUT2D eigenvalue weighted by atomic mass is 16.5. The van der Waals surface area contributed by atoms with Crippen LogP contribution in [0.2, 0.25) is 0 Å². The van der Waals surface area contributed by atoms with Crippen LogP contribution in [0, 0.1) is 5.92 Å². The number of amides is 2. The molecule has 0 aliphatic carbocycles. The Morgan fingerprint density at radius 3 is 2.58 bits per heavy atom. The maximum atomic E-state index is 12.0.